The summed E-state index contributed by atoms with van der Waals surface area (Å²) in [5, 5.41) is 18.9. The van der Waals surface area contributed by atoms with Crippen molar-refractivity contribution in [2.24, 2.45) is 5.92 Å². The van der Waals surface area contributed by atoms with Crippen molar-refractivity contribution in [2.45, 2.75) is 45.7 Å². The van der Waals surface area contributed by atoms with Gasteiger partial charge in [-0.25, -0.2) is 8.78 Å². The third kappa shape index (κ3) is 4.79. The van der Waals surface area contributed by atoms with E-state index in [1.165, 1.54) is 18.2 Å². The minimum atomic E-state index is -2.90. The van der Waals surface area contributed by atoms with Crippen LogP contribution >= 0.6 is 0 Å². The summed E-state index contributed by atoms with van der Waals surface area (Å²) in [7, 11) is 0. The maximum atomic E-state index is 14.6. The highest BCUT2D eigenvalue weighted by Crippen LogP contribution is 2.49. The lowest BCUT2D eigenvalue weighted by atomic mass is 9.92. The number of benzene rings is 3. The number of nitrogens with one attached hydrogen (secondary N) is 3. The fourth-order valence-electron chi connectivity index (χ4n) is 4.96. The summed E-state index contributed by atoms with van der Waals surface area (Å²) in [6.45, 7) is 5.85. The van der Waals surface area contributed by atoms with Gasteiger partial charge in [0.25, 0.3) is 11.8 Å². The average Bonchev–Trinajstić information content (AvgIpc) is 3.66. The largest absolute Gasteiger partial charge is 0.363 e. The number of hydrogen-bond donors (Lipinski definition) is 3. The van der Waals surface area contributed by atoms with Crippen LogP contribution in [0.25, 0.3) is 11.1 Å². The highest BCUT2D eigenvalue weighted by molar-refractivity contribution is 6.04. The van der Waals surface area contributed by atoms with E-state index in [4.69, 9.17) is 0 Å². The molecule has 0 aromatic heterocycles. The zero-order valence-electron chi connectivity index (χ0n) is 21.0. The molecule has 0 spiro atoms. The molecule has 5 nitrogen and oxygen atoms in total. The number of carbonyl (C=O) groups excluding carboxylic acids is 1. The van der Waals surface area contributed by atoms with Gasteiger partial charge in [-0.2, -0.15) is 5.26 Å². The van der Waals surface area contributed by atoms with Gasteiger partial charge in [0.2, 0.25) is 0 Å². The number of carbonyl (C=O) groups is 1. The predicted octanol–water partition coefficient (Wildman–Crippen LogP) is 6.41. The monoisotopic (exact) mass is 498 g/mol. The minimum Gasteiger partial charge on any atom is -0.363 e. The van der Waals surface area contributed by atoms with Gasteiger partial charge in [0.05, 0.1) is 11.6 Å². The first kappa shape index (κ1) is 24.5. The third-order valence-corrected chi connectivity index (χ3v) is 7.03. The molecule has 0 saturated heterocycles. The summed E-state index contributed by atoms with van der Waals surface area (Å²) < 4.78 is 29.1. The average molecular weight is 499 g/mol. The van der Waals surface area contributed by atoms with E-state index in [2.05, 4.69) is 22.0 Å². The Morgan fingerprint density at radius 2 is 1.70 bits per heavy atom. The number of rotatable bonds is 6. The van der Waals surface area contributed by atoms with Crippen LogP contribution in [-0.2, 0) is 10.7 Å². The van der Waals surface area contributed by atoms with Crippen LogP contribution in [-0.4, -0.2) is 5.91 Å². The Morgan fingerprint density at radius 3 is 2.38 bits per heavy atom. The van der Waals surface area contributed by atoms with Crippen LogP contribution in [0.4, 0.5) is 14.5 Å². The molecule has 3 aromatic rings. The number of halogens is 2. The molecule has 1 saturated carbocycles. The van der Waals surface area contributed by atoms with Crippen LogP contribution in [0.3, 0.4) is 0 Å². The Kier molecular flexibility index (Phi) is 6.20. The van der Waals surface area contributed by atoms with Crippen LogP contribution in [0.2, 0.25) is 0 Å². The van der Waals surface area contributed by atoms with Gasteiger partial charge in [0.1, 0.15) is 11.9 Å². The fraction of sp³-hybridized carbons (Fsp3) is 0.267. The van der Waals surface area contributed by atoms with E-state index in [1.54, 1.807) is 19.1 Å². The van der Waals surface area contributed by atoms with Gasteiger partial charge in [-0.3, -0.25) is 4.79 Å². The highest BCUT2D eigenvalue weighted by Gasteiger charge is 2.48. The van der Waals surface area contributed by atoms with E-state index < -0.39 is 23.9 Å². The minimum absolute atomic E-state index is 0.0822. The first-order chi connectivity index (χ1) is 17.7. The summed E-state index contributed by atoms with van der Waals surface area (Å²) >= 11 is 0. The van der Waals surface area contributed by atoms with Gasteiger partial charge in [-0.1, -0.05) is 30.3 Å². The number of alkyl halides is 2. The molecule has 1 heterocycles. The van der Waals surface area contributed by atoms with Gasteiger partial charge in [-0.05, 0) is 91.8 Å². The number of amides is 1. The maximum absolute atomic E-state index is 14.6. The van der Waals surface area contributed by atoms with Gasteiger partial charge >= 0.3 is 0 Å². The Hall–Kier alpha value is -4.18. The number of anilines is 1. The molecule has 7 heteroatoms. The first-order valence-electron chi connectivity index (χ1n) is 12.3. The van der Waals surface area contributed by atoms with Crippen molar-refractivity contribution < 1.29 is 13.6 Å². The van der Waals surface area contributed by atoms with Crippen LogP contribution in [0, 0.1) is 31.1 Å². The molecule has 0 bridgehead atoms. The standard InChI is InChI=1S/C30H28F2N4O/c1-17-6-4-7-18(2)26(17)21-12-20(16-33)13-22(14-21)28-34-19(3)27(36-28)29(37)35-25-9-5-8-24(15-25)30(31,32)23-10-11-23/h4-9,12-15,23,28,34,36H,10-11H2,1-3H3,(H,35,37). The number of hydrogen-bond acceptors (Lipinski definition) is 4. The Balaban J connectivity index is 1.37. The lowest BCUT2D eigenvalue weighted by molar-refractivity contribution is -0.113. The number of nitriles is 1. The molecule has 1 atom stereocenters. The molecular weight excluding hydrogens is 470 g/mol. The second-order valence-corrected chi connectivity index (χ2v) is 9.88. The molecule has 1 fully saturated rings. The molecule has 1 amide bonds. The Morgan fingerprint density at radius 1 is 1.00 bits per heavy atom. The van der Waals surface area contributed by atoms with Gasteiger partial charge < -0.3 is 16.0 Å². The molecule has 3 aromatic carbocycles. The fourth-order valence-corrected chi connectivity index (χ4v) is 4.96. The zero-order valence-corrected chi connectivity index (χ0v) is 21.0. The van der Waals surface area contributed by atoms with Crippen molar-refractivity contribution in [3.05, 3.63) is 99.9 Å². The molecule has 3 N–H and O–H groups in total. The van der Waals surface area contributed by atoms with Crippen LogP contribution < -0.4 is 16.0 Å². The molecular formula is C30H28F2N4O. The number of allylic oxidation sites excluding steroid dienone is 1. The lowest BCUT2D eigenvalue weighted by Gasteiger charge is -2.18. The second kappa shape index (κ2) is 9.36. The SMILES string of the molecule is CC1=C(C(=O)Nc2cccc(C(F)(F)C3CC3)c2)NC(c2cc(C#N)cc(-c3c(C)cccc3C)c2)N1. The summed E-state index contributed by atoms with van der Waals surface area (Å²) in [4.78, 5) is 13.1. The van der Waals surface area contributed by atoms with E-state index >= 15 is 0 Å². The normalized spacial score (nSPS) is 17.1. The zero-order chi connectivity index (χ0) is 26.3. The van der Waals surface area contributed by atoms with Gasteiger partial charge in [0.15, 0.2) is 0 Å². The van der Waals surface area contributed by atoms with E-state index in [9.17, 15) is 18.8 Å². The summed E-state index contributed by atoms with van der Waals surface area (Å²) in [5.41, 5.74) is 6.72. The van der Waals surface area contributed by atoms with Crippen molar-refractivity contribution in [3.63, 3.8) is 0 Å². The van der Waals surface area contributed by atoms with E-state index in [1.807, 2.05) is 44.2 Å². The number of nitrogens with zero attached hydrogens (tertiary/aromatic N) is 1. The maximum Gasteiger partial charge on any atom is 0.276 e. The van der Waals surface area contributed by atoms with Crippen molar-refractivity contribution >= 4 is 11.6 Å². The Labute approximate surface area is 215 Å². The van der Waals surface area contributed by atoms with Gasteiger partial charge in [0, 0.05) is 22.9 Å². The van der Waals surface area contributed by atoms with Crippen molar-refractivity contribution in [3.8, 4) is 17.2 Å². The van der Waals surface area contributed by atoms with Crippen molar-refractivity contribution in [2.75, 3.05) is 5.32 Å². The van der Waals surface area contributed by atoms with E-state index in [-0.39, 0.29) is 5.56 Å². The summed E-state index contributed by atoms with van der Waals surface area (Å²) in [5.74, 6) is -3.94. The topological polar surface area (TPSA) is 77.0 Å². The van der Waals surface area contributed by atoms with Crippen molar-refractivity contribution in [1.29, 1.82) is 5.26 Å². The smallest absolute Gasteiger partial charge is 0.276 e. The molecule has 0 radical (unpaired) electrons. The highest BCUT2D eigenvalue weighted by atomic mass is 19.3. The van der Waals surface area contributed by atoms with Crippen LogP contribution in [0.15, 0.2) is 72.1 Å². The molecule has 1 unspecified atom stereocenters. The van der Waals surface area contributed by atoms with Crippen LogP contribution in [0.1, 0.15) is 53.7 Å². The van der Waals surface area contributed by atoms with Crippen LogP contribution in [0.5, 0.6) is 0 Å². The molecule has 5 rings (SSSR count). The quantitative estimate of drug-likeness (QED) is 0.367. The van der Waals surface area contributed by atoms with Gasteiger partial charge in [-0.15, -0.1) is 0 Å². The first-order valence-corrected chi connectivity index (χ1v) is 12.3. The second-order valence-electron chi connectivity index (χ2n) is 9.88. The molecule has 2 aliphatic rings. The number of aryl methyl sites for hydroxylation is 2. The molecule has 1 aliphatic carbocycles. The van der Waals surface area contributed by atoms with E-state index in [0.717, 1.165) is 27.8 Å². The van der Waals surface area contributed by atoms with Crippen molar-refractivity contribution in [1.82, 2.24) is 10.6 Å². The lowest BCUT2D eigenvalue weighted by Crippen LogP contribution is -2.27. The van der Waals surface area contributed by atoms with E-state index in [0.29, 0.717) is 35.5 Å². The summed E-state index contributed by atoms with van der Waals surface area (Å²) in [6, 6.07) is 19.9. The summed E-state index contributed by atoms with van der Waals surface area (Å²) in [6.07, 6.45) is 0.609. The molecule has 1 aliphatic heterocycles. The third-order valence-electron chi connectivity index (χ3n) is 7.03. The molecule has 37 heavy (non-hydrogen) atoms. The Bertz CT molecular complexity index is 1450. The molecule has 188 valence electrons. The predicted molar refractivity (Wildman–Crippen MR) is 139 cm³/mol.